The Morgan fingerprint density at radius 2 is 1.64 bits per heavy atom. The van der Waals surface area contributed by atoms with Gasteiger partial charge in [0.25, 0.3) is 0 Å². The number of ether oxygens (including phenoxy) is 2. The summed E-state index contributed by atoms with van der Waals surface area (Å²) < 4.78 is 11.1. The van der Waals surface area contributed by atoms with E-state index in [1.165, 1.54) is 0 Å². The van der Waals surface area contributed by atoms with Crippen molar-refractivity contribution in [3.63, 3.8) is 0 Å². The average molecular weight is 571 g/mol. The summed E-state index contributed by atoms with van der Waals surface area (Å²) in [6, 6.07) is 0. The molecule has 1 aliphatic heterocycles. The van der Waals surface area contributed by atoms with Crippen LogP contribution in [-0.2, 0) is 23.9 Å². The molecule has 0 amide bonds. The van der Waals surface area contributed by atoms with E-state index in [0.29, 0.717) is 32.1 Å². The molecule has 0 aromatic rings. The van der Waals surface area contributed by atoms with Crippen molar-refractivity contribution in [2.75, 3.05) is 0 Å². The first-order valence-corrected chi connectivity index (χ1v) is 13.3. The van der Waals surface area contributed by atoms with Crippen LogP contribution in [0, 0.1) is 34.5 Å². The Labute approximate surface area is 271 Å². The molecule has 0 aromatic heterocycles. The quantitative estimate of drug-likeness (QED) is 0.185. The Kier molecular flexibility index (Phi) is 10.3. The van der Waals surface area contributed by atoms with Gasteiger partial charge >= 0.3 is 59.1 Å². The minimum atomic E-state index is -2.01. The fourth-order valence-corrected chi connectivity index (χ4v) is 8.84. The van der Waals surface area contributed by atoms with Crippen molar-refractivity contribution in [3.05, 3.63) is 0 Å². The molecule has 1 saturated heterocycles. The molecule has 1 heterocycles. The van der Waals surface area contributed by atoms with E-state index in [1.54, 1.807) is 6.92 Å². The van der Waals surface area contributed by atoms with Crippen molar-refractivity contribution in [1.82, 2.24) is 0 Å². The summed E-state index contributed by atoms with van der Waals surface area (Å²) in [6.07, 6.45) is -5.19. The number of carbonyl (C=O) groups excluding carboxylic acids is 3. The minimum Gasteiger partial charge on any atom is -0.547 e. The number of carbonyl (C=O) groups is 3. The van der Waals surface area contributed by atoms with Crippen LogP contribution in [0.1, 0.15) is 65.2 Å². The molecular weight excluding hydrogens is 534 g/mol. The Bertz CT molecular complexity index is 982. The van der Waals surface area contributed by atoms with Gasteiger partial charge in [-0.15, -0.1) is 0 Å². The first kappa shape index (κ1) is 33.9. The molecule has 0 spiro atoms. The molecule has 0 bridgehead atoms. The summed E-state index contributed by atoms with van der Waals surface area (Å²) in [5.74, 6) is -3.53. The third-order valence-corrected chi connectivity index (χ3v) is 10.9. The van der Waals surface area contributed by atoms with Crippen molar-refractivity contribution in [3.8, 4) is 0 Å². The number of Topliss-reactive ketones (excluding diaryl/α,β-unsaturated/α-hetero) is 1. The predicted octanol–water partition coefficient (Wildman–Crippen LogP) is -8.36. The molecule has 4 N–H and O–H groups in total. The van der Waals surface area contributed by atoms with E-state index < -0.39 is 59.8 Å². The fourth-order valence-electron chi connectivity index (χ4n) is 8.84. The molecule has 4 saturated carbocycles. The second kappa shape index (κ2) is 11.8. The molecular formula is C26H36Na2O11. The minimum absolute atomic E-state index is 0. The summed E-state index contributed by atoms with van der Waals surface area (Å²) in [5.41, 5.74) is -3.41. The number of fused-ring (bicyclic) bond motifs is 5. The molecule has 208 valence electrons. The first-order chi connectivity index (χ1) is 17.2. The Hall–Kier alpha value is 0.370. The van der Waals surface area contributed by atoms with Gasteiger partial charge < -0.3 is 49.7 Å². The van der Waals surface area contributed by atoms with Gasteiger partial charge in [0.1, 0.15) is 35.8 Å². The molecule has 39 heavy (non-hydrogen) atoms. The van der Waals surface area contributed by atoms with Crippen LogP contribution in [0.5, 0.6) is 0 Å². The zero-order valence-electron chi connectivity index (χ0n) is 23.1. The molecule has 5 rings (SSSR count). The van der Waals surface area contributed by atoms with Gasteiger partial charge in [0.15, 0.2) is 6.29 Å². The number of hydrogen-bond donors (Lipinski definition) is 4. The maximum atomic E-state index is 13.6. The van der Waals surface area contributed by atoms with Crippen LogP contribution in [-0.4, -0.2) is 80.6 Å². The van der Waals surface area contributed by atoms with Crippen LogP contribution in [0.25, 0.3) is 0 Å². The number of carboxylic acids is 2. The first-order valence-electron chi connectivity index (χ1n) is 13.3. The Balaban J connectivity index is 0.00000210. The standard InChI is InChI=1S/C26H38O11.2Na/c1-24-7-5-12(36-22-19(30)17(28)18(29)20(37-22)21(31)32)9-11(24)3-4-13-14-6-8-26(35,23(33)34)25(14,2)10-15(27)16(13)24;;/h11-14,16-20,22,28-30,35H,3-10H2,1-2H3,(H,31,32)(H,33,34);;/q;2*+1/p-2/t11-,12-,13+,14+,16-,17+,18+,19-,20+,22-,24+,25+,26+;;/m1../s1. The van der Waals surface area contributed by atoms with E-state index >= 15 is 0 Å². The molecule has 4 aliphatic carbocycles. The SMILES string of the molecule is C[C@]12CC[C@@H](O[C@@H]3O[C@H](C(=O)[O-])[C@@H](O)[C@H](O)[C@H]3O)C[C@H]1CC[C@@H]1[C@@H]2C(=O)C[C@@]2(C)[C@H]1CC[C@]2(O)C(=O)[O-].[Na+].[Na+]. The zero-order chi connectivity index (χ0) is 27.1. The van der Waals surface area contributed by atoms with Gasteiger partial charge in [-0.2, -0.15) is 0 Å². The summed E-state index contributed by atoms with van der Waals surface area (Å²) in [6.45, 7) is 3.82. The number of aliphatic hydroxyl groups is 4. The van der Waals surface area contributed by atoms with Crippen LogP contribution in [0.2, 0.25) is 0 Å². The third-order valence-electron chi connectivity index (χ3n) is 10.9. The van der Waals surface area contributed by atoms with E-state index in [9.17, 15) is 45.0 Å². The number of ketones is 1. The molecule has 0 unspecified atom stereocenters. The predicted molar refractivity (Wildman–Crippen MR) is 119 cm³/mol. The molecule has 5 aliphatic rings. The van der Waals surface area contributed by atoms with Gasteiger partial charge in [0.2, 0.25) is 0 Å². The van der Waals surface area contributed by atoms with Crippen LogP contribution >= 0.6 is 0 Å². The summed E-state index contributed by atoms with van der Waals surface area (Å²) in [7, 11) is 0. The van der Waals surface area contributed by atoms with Crippen LogP contribution in [0.15, 0.2) is 0 Å². The zero-order valence-corrected chi connectivity index (χ0v) is 27.1. The Morgan fingerprint density at radius 1 is 0.974 bits per heavy atom. The van der Waals surface area contributed by atoms with Gasteiger partial charge in [0.05, 0.1) is 18.0 Å². The van der Waals surface area contributed by atoms with Gasteiger partial charge in [-0.3, -0.25) is 4.79 Å². The van der Waals surface area contributed by atoms with Gasteiger partial charge in [0, 0.05) is 17.8 Å². The number of aliphatic hydroxyl groups excluding tert-OH is 3. The van der Waals surface area contributed by atoms with E-state index in [2.05, 4.69) is 6.92 Å². The number of rotatable bonds is 4. The van der Waals surface area contributed by atoms with Crippen LogP contribution in [0.3, 0.4) is 0 Å². The summed E-state index contributed by atoms with van der Waals surface area (Å²) in [4.78, 5) is 36.8. The second-order valence-electron chi connectivity index (χ2n) is 12.5. The molecule has 0 radical (unpaired) electrons. The molecule has 13 atom stereocenters. The van der Waals surface area contributed by atoms with Gasteiger partial charge in [-0.05, 0) is 68.1 Å². The molecule has 0 aromatic carbocycles. The van der Waals surface area contributed by atoms with Gasteiger partial charge in [-0.1, -0.05) is 13.8 Å². The van der Waals surface area contributed by atoms with Crippen LogP contribution in [0.4, 0.5) is 0 Å². The fraction of sp³-hybridized carbons (Fsp3) is 0.885. The number of aliphatic carboxylic acids is 2. The largest absolute Gasteiger partial charge is 1.00 e. The number of carboxylic acid groups (broad SMARTS) is 2. The van der Waals surface area contributed by atoms with Crippen LogP contribution < -0.4 is 69.3 Å². The second-order valence-corrected chi connectivity index (χ2v) is 12.5. The maximum absolute atomic E-state index is 13.6. The smallest absolute Gasteiger partial charge is 0.547 e. The van der Waals surface area contributed by atoms with Crippen molar-refractivity contribution in [1.29, 1.82) is 0 Å². The topological polar surface area (TPSA) is 197 Å². The maximum Gasteiger partial charge on any atom is 1.00 e. The van der Waals surface area contributed by atoms with Gasteiger partial charge in [-0.25, -0.2) is 0 Å². The summed E-state index contributed by atoms with van der Waals surface area (Å²) in [5, 5.41) is 64.4. The van der Waals surface area contributed by atoms with Crippen molar-refractivity contribution in [2.24, 2.45) is 34.5 Å². The molecule has 5 fully saturated rings. The van der Waals surface area contributed by atoms with E-state index in [0.717, 1.165) is 6.42 Å². The number of hydrogen-bond acceptors (Lipinski definition) is 11. The van der Waals surface area contributed by atoms with E-state index in [1.807, 2.05) is 0 Å². The third kappa shape index (κ3) is 5.14. The monoisotopic (exact) mass is 570 g/mol. The van der Waals surface area contributed by atoms with E-state index in [4.69, 9.17) is 9.47 Å². The molecule has 13 heteroatoms. The molecule has 11 nitrogen and oxygen atoms in total. The van der Waals surface area contributed by atoms with Crippen molar-refractivity contribution >= 4 is 17.7 Å². The normalized spacial score (nSPS) is 50.9. The summed E-state index contributed by atoms with van der Waals surface area (Å²) >= 11 is 0. The Morgan fingerprint density at radius 3 is 2.26 bits per heavy atom. The average Bonchev–Trinajstić information content (AvgIpc) is 3.10. The van der Waals surface area contributed by atoms with Crippen molar-refractivity contribution < 1.29 is 114 Å². The van der Waals surface area contributed by atoms with E-state index in [-0.39, 0.29) is 107 Å². The van der Waals surface area contributed by atoms with Crippen molar-refractivity contribution in [2.45, 2.75) is 108 Å².